The molecule has 2 aliphatic rings. The van der Waals surface area contributed by atoms with E-state index < -0.39 is 72.2 Å². The van der Waals surface area contributed by atoms with Gasteiger partial charge in [-0.15, -0.1) is 0 Å². The number of carboxylic acid groups (broad SMARTS) is 1. The predicted molar refractivity (Wildman–Crippen MR) is 185 cm³/mol. The van der Waals surface area contributed by atoms with Gasteiger partial charge in [0.05, 0.1) is 18.3 Å². The maximum absolute atomic E-state index is 13.5. The highest BCUT2D eigenvalue weighted by Crippen LogP contribution is 2.41. The highest BCUT2D eigenvalue weighted by Gasteiger charge is 2.52. The van der Waals surface area contributed by atoms with Crippen molar-refractivity contribution in [2.75, 3.05) is 7.11 Å². The summed E-state index contributed by atoms with van der Waals surface area (Å²) in [6, 6.07) is 0. The Labute approximate surface area is 291 Å². The van der Waals surface area contributed by atoms with Crippen molar-refractivity contribution in [1.29, 1.82) is 0 Å². The van der Waals surface area contributed by atoms with Crippen LogP contribution in [0, 0.1) is 29.6 Å². The average molecular weight is 691 g/mol. The van der Waals surface area contributed by atoms with E-state index in [0.29, 0.717) is 24.5 Å². The third-order valence-corrected chi connectivity index (χ3v) is 9.91. The van der Waals surface area contributed by atoms with Crippen molar-refractivity contribution < 1.29 is 53.8 Å². The van der Waals surface area contributed by atoms with E-state index >= 15 is 0 Å². The number of ether oxygens (including phenoxy) is 4. The van der Waals surface area contributed by atoms with Crippen LogP contribution in [0.1, 0.15) is 81.6 Å². The molecule has 4 N–H and O–H groups in total. The summed E-state index contributed by atoms with van der Waals surface area (Å²) in [6.07, 6.45) is 6.52. The van der Waals surface area contributed by atoms with Crippen LogP contribution in [0.25, 0.3) is 0 Å². The summed E-state index contributed by atoms with van der Waals surface area (Å²) < 4.78 is 23.6. The number of aliphatic carboxylic acids is 1. The Kier molecular flexibility index (Phi) is 16.1. The molecule has 0 spiro atoms. The number of cyclic esters (lactones) is 1. The third kappa shape index (κ3) is 11.7. The molecule has 0 radical (unpaired) electrons. The Hall–Kier alpha value is -3.09. The molecule has 2 heterocycles. The molecule has 1 fully saturated rings. The van der Waals surface area contributed by atoms with Gasteiger partial charge in [0.2, 0.25) is 0 Å². The summed E-state index contributed by atoms with van der Waals surface area (Å²) in [4.78, 5) is 36.8. The van der Waals surface area contributed by atoms with Crippen molar-refractivity contribution >= 4 is 17.9 Å². The van der Waals surface area contributed by atoms with Gasteiger partial charge in [0.15, 0.2) is 5.79 Å². The Balaban J connectivity index is 2.48. The van der Waals surface area contributed by atoms with Crippen molar-refractivity contribution in [2.24, 2.45) is 29.6 Å². The minimum atomic E-state index is -1.95. The van der Waals surface area contributed by atoms with Gasteiger partial charge in [0, 0.05) is 54.9 Å². The van der Waals surface area contributed by atoms with E-state index in [1.54, 1.807) is 39.0 Å². The molecule has 2 aliphatic heterocycles. The van der Waals surface area contributed by atoms with Gasteiger partial charge in [-0.2, -0.15) is 0 Å². The van der Waals surface area contributed by atoms with Gasteiger partial charge >= 0.3 is 17.9 Å². The molecule has 2 rings (SSSR count). The molecule has 276 valence electrons. The molecule has 12 atom stereocenters. The third-order valence-electron chi connectivity index (χ3n) is 9.91. The number of rotatable bonds is 9. The first-order chi connectivity index (χ1) is 22.8. The molecule has 49 heavy (non-hydrogen) atoms. The maximum atomic E-state index is 13.5. The summed E-state index contributed by atoms with van der Waals surface area (Å²) in [5.74, 6) is -6.97. The lowest BCUT2D eigenvalue weighted by atomic mass is 9.77. The molecule has 0 bridgehead atoms. The second kappa shape index (κ2) is 18.8. The lowest BCUT2D eigenvalue weighted by Gasteiger charge is -2.49. The second-order valence-corrected chi connectivity index (χ2v) is 14.0. The van der Waals surface area contributed by atoms with Gasteiger partial charge in [-0.1, -0.05) is 77.0 Å². The molecule has 11 heteroatoms. The molecule has 0 aromatic carbocycles. The smallest absolute Gasteiger partial charge is 0.334 e. The SMILES string of the molecule is CCC1OC(O)(C(C)C(O)C(C)C2OC(=O)C(C)=CC(C)=CC(C)C(O)C(C)CC(C)=CC=CC2OC)CC(OC(=O)C=CC(=O)O)C1C. The van der Waals surface area contributed by atoms with Gasteiger partial charge in [0.25, 0.3) is 0 Å². The van der Waals surface area contributed by atoms with Crippen LogP contribution in [0.5, 0.6) is 0 Å². The Morgan fingerprint density at radius 3 is 2.39 bits per heavy atom. The van der Waals surface area contributed by atoms with Gasteiger partial charge < -0.3 is 39.4 Å². The van der Waals surface area contributed by atoms with Gasteiger partial charge in [-0.3, -0.25) is 0 Å². The molecule has 0 aromatic rings. The fourth-order valence-corrected chi connectivity index (χ4v) is 6.79. The lowest BCUT2D eigenvalue weighted by Crippen LogP contribution is -2.58. The first-order valence-corrected chi connectivity index (χ1v) is 17.2. The van der Waals surface area contributed by atoms with Crippen molar-refractivity contribution in [2.45, 2.75) is 124 Å². The van der Waals surface area contributed by atoms with E-state index in [-0.39, 0.29) is 24.2 Å². The van der Waals surface area contributed by atoms with Gasteiger partial charge in [0.1, 0.15) is 18.3 Å². The fourth-order valence-electron chi connectivity index (χ4n) is 6.79. The minimum Gasteiger partial charge on any atom is -0.478 e. The first kappa shape index (κ1) is 42.1. The molecular weight excluding hydrogens is 632 g/mol. The molecular formula is C38H58O11. The van der Waals surface area contributed by atoms with E-state index in [4.69, 9.17) is 24.1 Å². The zero-order valence-corrected chi connectivity index (χ0v) is 30.7. The van der Waals surface area contributed by atoms with Crippen LogP contribution < -0.4 is 0 Å². The predicted octanol–water partition coefficient (Wildman–Crippen LogP) is 5.05. The van der Waals surface area contributed by atoms with E-state index in [9.17, 15) is 29.7 Å². The summed E-state index contributed by atoms with van der Waals surface area (Å²) in [7, 11) is 1.48. The largest absolute Gasteiger partial charge is 0.478 e. The van der Waals surface area contributed by atoms with Crippen molar-refractivity contribution in [3.05, 3.63) is 59.3 Å². The van der Waals surface area contributed by atoms with Crippen molar-refractivity contribution in [3.8, 4) is 0 Å². The standard InChI is InChI=1S/C38H58O11/c1-11-29-26(7)31(47-33(41)16-15-32(39)40)20-38(45,49-29)28(9)35(43)27(8)36-30(46-10)14-12-13-21(2)17-23(4)34(42)24(5)18-22(3)19-25(6)37(44)48-36/h12-16,18-19,23-24,26-31,34-36,42-43,45H,11,17,20H2,1-10H3,(H,39,40). The second-order valence-electron chi connectivity index (χ2n) is 14.0. The van der Waals surface area contributed by atoms with Crippen molar-refractivity contribution in [3.63, 3.8) is 0 Å². The Morgan fingerprint density at radius 1 is 1.14 bits per heavy atom. The molecule has 0 aromatic heterocycles. The van der Waals surface area contributed by atoms with Crippen molar-refractivity contribution in [1.82, 2.24) is 0 Å². The molecule has 1 saturated heterocycles. The van der Waals surface area contributed by atoms with E-state index in [0.717, 1.165) is 17.2 Å². The molecule has 12 unspecified atom stereocenters. The zero-order chi connectivity index (χ0) is 37.2. The minimum absolute atomic E-state index is 0.0123. The van der Waals surface area contributed by atoms with E-state index in [2.05, 4.69) is 0 Å². The topological polar surface area (TPSA) is 169 Å². The highest BCUT2D eigenvalue weighted by atomic mass is 16.6. The van der Waals surface area contributed by atoms with Gasteiger partial charge in [-0.05, 0) is 45.6 Å². The number of carbonyl (C=O) groups excluding carboxylic acids is 2. The fraction of sp³-hybridized carbons (Fsp3) is 0.658. The number of hydrogen-bond donors (Lipinski definition) is 4. The maximum Gasteiger partial charge on any atom is 0.334 e. The average Bonchev–Trinajstić information content (AvgIpc) is 3.04. The number of allylic oxidation sites excluding steroid dienone is 5. The van der Waals surface area contributed by atoms with Crippen LogP contribution in [-0.4, -0.2) is 87.9 Å². The summed E-state index contributed by atoms with van der Waals surface area (Å²) >= 11 is 0. The van der Waals surface area contributed by atoms with Crippen LogP contribution in [0.15, 0.2) is 59.3 Å². The lowest BCUT2D eigenvalue weighted by molar-refractivity contribution is -0.323. The molecule has 0 amide bonds. The summed E-state index contributed by atoms with van der Waals surface area (Å²) in [6.45, 7) is 16.4. The molecule has 0 aliphatic carbocycles. The number of carboxylic acids is 1. The molecule has 0 saturated carbocycles. The Morgan fingerprint density at radius 2 is 1.80 bits per heavy atom. The van der Waals surface area contributed by atoms with E-state index in [1.807, 2.05) is 53.7 Å². The van der Waals surface area contributed by atoms with Crippen LogP contribution in [0.2, 0.25) is 0 Å². The normalized spacial score (nSPS) is 34.2. The first-order valence-electron chi connectivity index (χ1n) is 17.2. The summed E-state index contributed by atoms with van der Waals surface area (Å²) in [5, 5.41) is 43.5. The number of methoxy groups -OCH3 is 1. The van der Waals surface area contributed by atoms with E-state index in [1.165, 1.54) is 7.11 Å². The van der Waals surface area contributed by atoms with Crippen LogP contribution in [-0.2, 0) is 33.3 Å². The molecule has 11 nitrogen and oxygen atoms in total. The number of esters is 2. The van der Waals surface area contributed by atoms with Crippen LogP contribution in [0.4, 0.5) is 0 Å². The number of aliphatic hydroxyl groups is 3. The number of hydrogen-bond acceptors (Lipinski definition) is 10. The van der Waals surface area contributed by atoms with Crippen LogP contribution >= 0.6 is 0 Å². The Bertz CT molecular complexity index is 1300. The van der Waals surface area contributed by atoms with Crippen LogP contribution in [0.3, 0.4) is 0 Å². The number of aliphatic hydroxyl groups excluding tert-OH is 2. The zero-order valence-electron chi connectivity index (χ0n) is 30.7. The summed E-state index contributed by atoms with van der Waals surface area (Å²) in [5.41, 5.74) is 2.15. The number of carbonyl (C=O) groups is 3. The highest BCUT2D eigenvalue weighted by molar-refractivity contribution is 5.90. The van der Waals surface area contributed by atoms with Gasteiger partial charge in [-0.25, -0.2) is 14.4 Å². The quantitative estimate of drug-likeness (QED) is 0.189. The monoisotopic (exact) mass is 690 g/mol.